The molecule has 6 nitrogen and oxygen atoms in total. The summed E-state index contributed by atoms with van der Waals surface area (Å²) in [7, 11) is 1.91. The quantitative estimate of drug-likeness (QED) is 0.669. The van der Waals surface area contributed by atoms with Crippen molar-refractivity contribution in [2.24, 2.45) is 5.92 Å². The van der Waals surface area contributed by atoms with Gasteiger partial charge >= 0.3 is 0 Å². The van der Waals surface area contributed by atoms with E-state index in [1.807, 2.05) is 37.3 Å². The van der Waals surface area contributed by atoms with Crippen LogP contribution in [0.2, 0.25) is 0 Å². The van der Waals surface area contributed by atoms with E-state index in [2.05, 4.69) is 19.9 Å². The van der Waals surface area contributed by atoms with Gasteiger partial charge in [0.2, 0.25) is 0 Å². The molecule has 1 fully saturated rings. The van der Waals surface area contributed by atoms with Crippen LogP contribution in [-0.2, 0) is 6.42 Å². The molecule has 3 aromatic rings. The van der Waals surface area contributed by atoms with Gasteiger partial charge in [-0.25, -0.2) is 19.3 Å². The molecule has 0 unspecified atom stereocenters. The lowest BCUT2D eigenvalue weighted by molar-refractivity contribution is 0.406. The first-order chi connectivity index (χ1) is 13.2. The first kappa shape index (κ1) is 18.0. The molecule has 8 heteroatoms. The SMILES string of the molecule is CCc1ncnc(N(C)CC2CCN(c3nc4cnccc4s3)CC2)c1F. The molecule has 0 aromatic carbocycles. The van der Waals surface area contributed by atoms with Gasteiger partial charge in [0.25, 0.3) is 0 Å². The summed E-state index contributed by atoms with van der Waals surface area (Å²) < 4.78 is 15.6. The van der Waals surface area contributed by atoms with Crippen LogP contribution < -0.4 is 9.80 Å². The van der Waals surface area contributed by atoms with Gasteiger partial charge in [-0.2, -0.15) is 0 Å². The minimum absolute atomic E-state index is 0.289. The predicted octanol–water partition coefficient (Wildman–Crippen LogP) is 3.54. The first-order valence-corrected chi connectivity index (χ1v) is 10.1. The van der Waals surface area contributed by atoms with Crippen molar-refractivity contribution >= 4 is 32.5 Å². The Bertz CT molecular complexity index is 888. The largest absolute Gasteiger partial charge is 0.357 e. The van der Waals surface area contributed by atoms with E-state index in [-0.39, 0.29) is 5.82 Å². The molecule has 1 saturated heterocycles. The van der Waals surface area contributed by atoms with Crippen molar-refractivity contribution in [1.82, 2.24) is 19.9 Å². The van der Waals surface area contributed by atoms with Gasteiger partial charge in [0, 0.05) is 32.9 Å². The number of anilines is 2. The zero-order valence-corrected chi connectivity index (χ0v) is 16.4. The van der Waals surface area contributed by atoms with Crippen LogP contribution in [0.15, 0.2) is 24.8 Å². The van der Waals surface area contributed by atoms with Crippen LogP contribution in [0.25, 0.3) is 10.2 Å². The van der Waals surface area contributed by atoms with Crippen LogP contribution in [0, 0.1) is 11.7 Å². The third-order valence-electron chi connectivity index (χ3n) is 5.14. The Balaban J connectivity index is 1.38. The Labute approximate surface area is 162 Å². The molecule has 142 valence electrons. The average molecular weight is 387 g/mol. The minimum Gasteiger partial charge on any atom is -0.357 e. The topological polar surface area (TPSA) is 58.0 Å². The van der Waals surface area contributed by atoms with Crippen LogP contribution in [0.5, 0.6) is 0 Å². The van der Waals surface area contributed by atoms with E-state index in [1.54, 1.807) is 11.3 Å². The van der Waals surface area contributed by atoms with Crippen molar-refractivity contribution in [2.45, 2.75) is 26.2 Å². The van der Waals surface area contributed by atoms with Crippen LogP contribution >= 0.6 is 11.3 Å². The summed E-state index contributed by atoms with van der Waals surface area (Å²) >= 11 is 1.72. The zero-order valence-electron chi connectivity index (χ0n) is 15.6. The summed E-state index contributed by atoms with van der Waals surface area (Å²) in [6.07, 6.45) is 7.78. The standard InChI is InChI=1S/C19H23FN6S/c1-3-14-17(20)18(23-12-22-14)25(2)11-13-5-8-26(9-6-13)19-24-15-10-21-7-4-16(15)27-19/h4,7,10,12-13H,3,5-6,8-9,11H2,1-2H3. The molecule has 3 aromatic heterocycles. The molecule has 0 atom stereocenters. The van der Waals surface area contributed by atoms with Crippen LogP contribution in [-0.4, -0.2) is 46.6 Å². The molecular weight excluding hydrogens is 363 g/mol. The molecular formula is C19H23FN6S. The van der Waals surface area contributed by atoms with Gasteiger partial charge in [-0.05, 0) is 31.2 Å². The number of hydrogen-bond acceptors (Lipinski definition) is 7. The fourth-order valence-corrected chi connectivity index (χ4v) is 4.58. The Kier molecular flexibility index (Phi) is 5.15. The fourth-order valence-electron chi connectivity index (χ4n) is 3.59. The maximum absolute atomic E-state index is 14.5. The molecule has 1 aliphatic rings. The third kappa shape index (κ3) is 3.71. The zero-order chi connectivity index (χ0) is 18.8. The van der Waals surface area contributed by atoms with Crippen molar-refractivity contribution in [3.05, 3.63) is 36.3 Å². The van der Waals surface area contributed by atoms with Crippen molar-refractivity contribution < 1.29 is 4.39 Å². The average Bonchev–Trinajstić information content (AvgIpc) is 3.13. The molecule has 1 aliphatic heterocycles. The number of nitrogens with zero attached hydrogens (tertiary/aromatic N) is 6. The minimum atomic E-state index is -0.289. The number of pyridine rings is 1. The summed E-state index contributed by atoms with van der Waals surface area (Å²) in [6.45, 7) is 4.65. The highest BCUT2D eigenvalue weighted by Crippen LogP contribution is 2.31. The third-order valence-corrected chi connectivity index (χ3v) is 6.23. The number of hydrogen-bond donors (Lipinski definition) is 0. The molecule has 27 heavy (non-hydrogen) atoms. The molecule has 0 aliphatic carbocycles. The Morgan fingerprint density at radius 1 is 1.30 bits per heavy atom. The second-order valence-corrected chi connectivity index (χ2v) is 7.97. The highest BCUT2D eigenvalue weighted by molar-refractivity contribution is 7.22. The number of rotatable bonds is 5. The van der Waals surface area contributed by atoms with E-state index in [0.29, 0.717) is 23.9 Å². The van der Waals surface area contributed by atoms with Crippen LogP contribution in [0.4, 0.5) is 15.3 Å². The lowest BCUT2D eigenvalue weighted by atomic mass is 9.96. The van der Waals surface area contributed by atoms with Crippen LogP contribution in [0.3, 0.4) is 0 Å². The molecule has 0 spiro atoms. The lowest BCUT2D eigenvalue weighted by Gasteiger charge is -2.34. The molecule has 4 heterocycles. The van der Waals surface area contributed by atoms with E-state index >= 15 is 0 Å². The summed E-state index contributed by atoms with van der Waals surface area (Å²) in [5, 5.41) is 1.07. The van der Waals surface area contributed by atoms with Gasteiger partial charge in [-0.3, -0.25) is 4.98 Å². The first-order valence-electron chi connectivity index (χ1n) is 9.31. The predicted molar refractivity (Wildman–Crippen MR) is 107 cm³/mol. The van der Waals surface area contributed by atoms with Gasteiger partial charge in [0.05, 0.1) is 16.6 Å². The van der Waals surface area contributed by atoms with E-state index in [1.165, 1.54) is 11.0 Å². The van der Waals surface area contributed by atoms with E-state index < -0.39 is 0 Å². The molecule has 0 radical (unpaired) electrons. The maximum atomic E-state index is 14.5. The summed E-state index contributed by atoms with van der Waals surface area (Å²) in [5.74, 6) is 0.632. The van der Waals surface area contributed by atoms with E-state index in [4.69, 9.17) is 4.98 Å². The van der Waals surface area contributed by atoms with Crippen molar-refractivity contribution in [3.63, 3.8) is 0 Å². The van der Waals surface area contributed by atoms with Crippen molar-refractivity contribution in [1.29, 1.82) is 0 Å². The van der Waals surface area contributed by atoms with Gasteiger partial charge in [-0.15, -0.1) is 0 Å². The second kappa shape index (κ2) is 7.72. The fraction of sp³-hybridized carbons (Fsp3) is 0.474. The van der Waals surface area contributed by atoms with E-state index in [0.717, 1.165) is 43.1 Å². The molecule has 0 N–H and O–H groups in total. The molecule has 0 bridgehead atoms. The van der Waals surface area contributed by atoms with Gasteiger partial charge in [0.15, 0.2) is 16.8 Å². The molecule has 0 amide bonds. The number of aromatic nitrogens is 4. The molecule has 4 rings (SSSR count). The number of fused-ring (bicyclic) bond motifs is 1. The van der Waals surface area contributed by atoms with Crippen LogP contribution in [0.1, 0.15) is 25.5 Å². The summed E-state index contributed by atoms with van der Waals surface area (Å²) in [5.41, 5.74) is 1.44. The molecule has 0 saturated carbocycles. The second-order valence-electron chi connectivity index (χ2n) is 6.96. The van der Waals surface area contributed by atoms with Gasteiger partial charge in [0.1, 0.15) is 11.8 Å². The highest BCUT2D eigenvalue weighted by Gasteiger charge is 2.24. The number of halogens is 1. The number of aryl methyl sites for hydroxylation is 1. The normalized spacial score (nSPS) is 15.4. The van der Waals surface area contributed by atoms with Crippen molar-refractivity contribution in [2.75, 3.05) is 36.5 Å². The highest BCUT2D eigenvalue weighted by atomic mass is 32.1. The van der Waals surface area contributed by atoms with Gasteiger partial charge in [-0.1, -0.05) is 18.3 Å². The lowest BCUT2D eigenvalue weighted by Crippen LogP contribution is -2.38. The monoisotopic (exact) mass is 386 g/mol. The smallest absolute Gasteiger partial charge is 0.187 e. The Hall–Kier alpha value is -2.35. The van der Waals surface area contributed by atoms with Crippen molar-refractivity contribution in [3.8, 4) is 0 Å². The number of thiazole rings is 1. The summed E-state index contributed by atoms with van der Waals surface area (Å²) in [6, 6.07) is 2.01. The number of piperidine rings is 1. The Morgan fingerprint density at radius 2 is 2.11 bits per heavy atom. The van der Waals surface area contributed by atoms with E-state index in [9.17, 15) is 4.39 Å². The maximum Gasteiger partial charge on any atom is 0.187 e. The Morgan fingerprint density at radius 3 is 2.85 bits per heavy atom. The summed E-state index contributed by atoms with van der Waals surface area (Å²) in [4.78, 5) is 21.3. The van der Waals surface area contributed by atoms with Gasteiger partial charge < -0.3 is 9.80 Å².